The van der Waals surface area contributed by atoms with E-state index in [1.165, 1.54) is 0 Å². The Kier molecular flexibility index (Phi) is 8.18. The van der Waals surface area contributed by atoms with Crippen LogP contribution in [0.3, 0.4) is 0 Å². The van der Waals surface area contributed by atoms with Crippen molar-refractivity contribution in [2.75, 3.05) is 11.9 Å². The lowest BCUT2D eigenvalue weighted by atomic mass is 10.1. The first-order valence-electron chi connectivity index (χ1n) is 8.09. The first-order chi connectivity index (χ1) is 11.7. The van der Waals surface area contributed by atoms with Gasteiger partial charge in [-0.15, -0.1) is 0 Å². The van der Waals surface area contributed by atoms with Gasteiger partial charge in [-0.2, -0.15) is 12.6 Å². The molecule has 0 saturated carbocycles. The summed E-state index contributed by atoms with van der Waals surface area (Å²) in [6, 6.07) is 1.70. The van der Waals surface area contributed by atoms with Crippen molar-refractivity contribution in [3.63, 3.8) is 0 Å². The molecule has 0 aliphatic heterocycles. The molecule has 0 aliphatic rings. The molecule has 0 aromatic carbocycles. The van der Waals surface area contributed by atoms with Crippen LogP contribution in [0, 0.1) is 0 Å². The second kappa shape index (κ2) is 9.62. The zero-order chi connectivity index (χ0) is 19.0. The molecule has 1 aromatic heterocycles. The molecule has 0 fully saturated rings. The summed E-state index contributed by atoms with van der Waals surface area (Å²) in [6.07, 6.45) is 1.63. The van der Waals surface area contributed by atoms with Gasteiger partial charge in [-0.3, -0.25) is 10.1 Å². The van der Waals surface area contributed by atoms with Gasteiger partial charge in [-0.1, -0.05) is 0 Å². The molecule has 1 heterocycles. The SMILES string of the molecule is CCOC(=O)CCC(S)c1cnc(NC(=O)OC(C)(C)C)c(CO)c1. The van der Waals surface area contributed by atoms with E-state index in [2.05, 4.69) is 22.9 Å². The number of hydrogen-bond acceptors (Lipinski definition) is 7. The number of esters is 1. The van der Waals surface area contributed by atoms with Crippen LogP contribution >= 0.6 is 12.6 Å². The van der Waals surface area contributed by atoms with Crippen LogP contribution in [0.5, 0.6) is 0 Å². The van der Waals surface area contributed by atoms with E-state index < -0.39 is 11.7 Å². The number of carbonyl (C=O) groups is 2. The molecule has 0 radical (unpaired) electrons. The average Bonchev–Trinajstić information content (AvgIpc) is 2.51. The highest BCUT2D eigenvalue weighted by molar-refractivity contribution is 7.80. The van der Waals surface area contributed by atoms with Crippen LogP contribution in [0.4, 0.5) is 10.6 Å². The van der Waals surface area contributed by atoms with Gasteiger partial charge in [-0.25, -0.2) is 9.78 Å². The van der Waals surface area contributed by atoms with Gasteiger partial charge in [0, 0.05) is 23.4 Å². The molecule has 7 nitrogen and oxygen atoms in total. The van der Waals surface area contributed by atoms with E-state index in [0.717, 1.165) is 5.56 Å². The number of thiol groups is 1. The van der Waals surface area contributed by atoms with Crippen LogP contribution in [-0.2, 0) is 20.9 Å². The Morgan fingerprint density at radius 2 is 2.08 bits per heavy atom. The first kappa shape index (κ1) is 21.2. The number of hydrogen-bond donors (Lipinski definition) is 3. The molecule has 1 amide bonds. The van der Waals surface area contributed by atoms with Crippen LogP contribution in [0.2, 0.25) is 0 Å². The van der Waals surface area contributed by atoms with Crippen LogP contribution in [0.1, 0.15) is 56.9 Å². The highest BCUT2D eigenvalue weighted by Crippen LogP contribution is 2.27. The van der Waals surface area contributed by atoms with Crippen LogP contribution in [0.25, 0.3) is 0 Å². The van der Waals surface area contributed by atoms with Crippen molar-refractivity contribution in [1.82, 2.24) is 4.98 Å². The number of ether oxygens (including phenoxy) is 2. The van der Waals surface area contributed by atoms with Gasteiger partial charge in [0.25, 0.3) is 0 Å². The maximum atomic E-state index is 11.8. The largest absolute Gasteiger partial charge is 0.466 e. The van der Waals surface area contributed by atoms with E-state index in [-0.39, 0.29) is 30.1 Å². The molecule has 0 aliphatic carbocycles. The predicted molar refractivity (Wildman–Crippen MR) is 97.6 cm³/mol. The third-order valence-electron chi connectivity index (χ3n) is 3.09. The molecular weight excluding hydrogens is 344 g/mol. The molecule has 1 rings (SSSR count). The highest BCUT2D eigenvalue weighted by atomic mass is 32.1. The summed E-state index contributed by atoms with van der Waals surface area (Å²) in [5, 5.41) is 11.8. The number of rotatable bonds is 7. The molecule has 140 valence electrons. The molecule has 1 aromatic rings. The fraction of sp³-hybridized carbons (Fsp3) is 0.588. The Morgan fingerprint density at radius 3 is 2.64 bits per heavy atom. The molecule has 1 atom stereocenters. The third-order valence-corrected chi connectivity index (χ3v) is 3.65. The number of nitrogens with one attached hydrogen (secondary N) is 1. The van der Waals surface area contributed by atoms with Gasteiger partial charge in [0.1, 0.15) is 11.4 Å². The molecule has 0 bridgehead atoms. The molecular formula is C17H26N2O5S. The maximum absolute atomic E-state index is 11.8. The Labute approximate surface area is 153 Å². The number of carbonyl (C=O) groups excluding carboxylic acids is 2. The third kappa shape index (κ3) is 7.74. The van der Waals surface area contributed by atoms with Gasteiger partial charge >= 0.3 is 12.1 Å². The fourth-order valence-corrected chi connectivity index (χ4v) is 2.27. The summed E-state index contributed by atoms with van der Waals surface area (Å²) in [4.78, 5) is 27.4. The highest BCUT2D eigenvalue weighted by Gasteiger charge is 2.19. The van der Waals surface area contributed by atoms with Crippen molar-refractivity contribution in [3.05, 3.63) is 23.4 Å². The summed E-state index contributed by atoms with van der Waals surface area (Å²) in [7, 11) is 0. The first-order valence-corrected chi connectivity index (χ1v) is 8.61. The number of amides is 1. The summed E-state index contributed by atoms with van der Waals surface area (Å²) in [5.41, 5.74) is 0.553. The van der Waals surface area contributed by atoms with Crippen LogP contribution < -0.4 is 5.32 Å². The number of aliphatic hydroxyl groups is 1. The van der Waals surface area contributed by atoms with Crippen LogP contribution in [-0.4, -0.2) is 34.4 Å². The van der Waals surface area contributed by atoms with Gasteiger partial charge in [0.15, 0.2) is 0 Å². The molecule has 0 spiro atoms. The lowest BCUT2D eigenvalue weighted by Crippen LogP contribution is -2.27. The van der Waals surface area contributed by atoms with Crippen molar-refractivity contribution in [3.8, 4) is 0 Å². The second-order valence-corrected chi connectivity index (χ2v) is 7.04. The van der Waals surface area contributed by atoms with E-state index in [1.807, 2.05) is 0 Å². The molecule has 25 heavy (non-hydrogen) atoms. The minimum atomic E-state index is -0.646. The zero-order valence-corrected chi connectivity index (χ0v) is 15.9. The van der Waals surface area contributed by atoms with Crippen molar-refractivity contribution in [2.24, 2.45) is 0 Å². The smallest absolute Gasteiger partial charge is 0.413 e. The minimum Gasteiger partial charge on any atom is -0.466 e. The number of aliphatic hydroxyl groups excluding tert-OH is 1. The predicted octanol–water partition coefficient (Wildman–Crippen LogP) is 3.24. The quantitative estimate of drug-likeness (QED) is 0.503. The van der Waals surface area contributed by atoms with Crippen molar-refractivity contribution in [1.29, 1.82) is 0 Å². The zero-order valence-electron chi connectivity index (χ0n) is 15.0. The summed E-state index contributed by atoms with van der Waals surface area (Å²) in [5.74, 6) is -0.0495. The molecule has 8 heteroatoms. The topological polar surface area (TPSA) is 97.8 Å². The average molecular weight is 370 g/mol. The number of pyridine rings is 1. The van der Waals surface area contributed by atoms with E-state index in [4.69, 9.17) is 9.47 Å². The second-order valence-electron chi connectivity index (χ2n) is 6.42. The van der Waals surface area contributed by atoms with Crippen molar-refractivity contribution < 1.29 is 24.2 Å². The molecule has 0 saturated heterocycles. The van der Waals surface area contributed by atoms with Gasteiger partial charge in [0.05, 0.1) is 13.2 Å². The lowest BCUT2D eigenvalue weighted by Gasteiger charge is -2.20. The number of aromatic nitrogens is 1. The van der Waals surface area contributed by atoms with E-state index in [1.54, 1.807) is 40.0 Å². The van der Waals surface area contributed by atoms with Crippen LogP contribution in [0.15, 0.2) is 12.3 Å². The van der Waals surface area contributed by atoms with E-state index in [0.29, 0.717) is 18.6 Å². The Bertz CT molecular complexity index is 601. The Hall–Kier alpha value is -1.80. The van der Waals surface area contributed by atoms with Crippen molar-refractivity contribution in [2.45, 2.75) is 58.0 Å². The standard InChI is InChI=1S/C17H26N2O5S/c1-5-23-14(21)7-6-13(25)11-8-12(10-20)15(18-9-11)19-16(22)24-17(2,3)4/h8-9,13,20,25H,5-7,10H2,1-4H3,(H,18,19,22). The fourth-order valence-electron chi connectivity index (χ4n) is 2.00. The maximum Gasteiger partial charge on any atom is 0.413 e. The lowest BCUT2D eigenvalue weighted by molar-refractivity contribution is -0.143. The molecule has 2 N–H and O–H groups in total. The monoisotopic (exact) mass is 370 g/mol. The summed E-state index contributed by atoms with van der Waals surface area (Å²) in [6.45, 7) is 7.06. The number of nitrogens with zero attached hydrogens (tertiary/aromatic N) is 1. The van der Waals surface area contributed by atoms with Gasteiger partial charge in [-0.05, 0) is 45.7 Å². The minimum absolute atomic E-state index is 0.228. The Morgan fingerprint density at radius 1 is 1.40 bits per heavy atom. The van der Waals surface area contributed by atoms with E-state index in [9.17, 15) is 14.7 Å². The van der Waals surface area contributed by atoms with E-state index >= 15 is 0 Å². The Balaban J connectivity index is 2.77. The normalized spacial score (nSPS) is 12.4. The summed E-state index contributed by atoms with van der Waals surface area (Å²) < 4.78 is 10.1. The molecule has 1 unspecified atom stereocenters. The van der Waals surface area contributed by atoms with Crippen molar-refractivity contribution >= 4 is 30.5 Å². The number of anilines is 1. The summed E-state index contributed by atoms with van der Waals surface area (Å²) >= 11 is 4.47. The van der Waals surface area contributed by atoms with Gasteiger partial charge < -0.3 is 14.6 Å². The van der Waals surface area contributed by atoms with Gasteiger partial charge in [0.2, 0.25) is 0 Å².